The summed E-state index contributed by atoms with van der Waals surface area (Å²) in [5.41, 5.74) is 2.20. The van der Waals surface area contributed by atoms with Gasteiger partial charge in [-0.2, -0.15) is 5.26 Å². The third-order valence-electron chi connectivity index (χ3n) is 5.06. The number of benzene rings is 3. The Morgan fingerprint density at radius 3 is 2.42 bits per heavy atom. The Kier molecular flexibility index (Phi) is 9.62. The van der Waals surface area contributed by atoms with Gasteiger partial charge in [0.25, 0.3) is 11.8 Å². The average Bonchev–Trinajstić information content (AvgIpc) is 2.88. The van der Waals surface area contributed by atoms with Crippen molar-refractivity contribution in [1.29, 1.82) is 5.26 Å². The molecule has 0 spiro atoms. The number of nitriles is 1. The zero-order valence-corrected chi connectivity index (χ0v) is 22.2. The van der Waals surface area contributed by atoms with Gasteiger partial charge in [-0.05, 0) is 83.9 Å². The number of aromatic carboxylic acids is 1. The molecule has 194 valence electrons. The lowest BCUT2D eigenvalue weighted by atomic mass is 10.1. The number of carboxylic acids is 1. The molecule has 0 aliphatic carbocycles. The van der Waals surface area contributed by atoms with Crippen LogP contribution in [0.2, 0.25) is 0 Å². The van der Waals surface area contributed by atoms with E-state index in [4.69, 9.17) is 14.6 Å². The molecule has 2 amide bonds. The van der Waals surface area contributed by atoms with E-state index in [2.05, 4.69) is 26.6 Å². The summed E-state index contributed by atoms with van der Waals surface area (Å²) in [5, 5.41) is 24.0. The van der Waals surface area contributed by atoms with Crippen molar-refractivity contribution in [3.05, 3.63) is 87.4 Å². The molecular weight excluding hydrogens is 554 g/mol. The number of aryl methyl sites for hydroxylation is 1. The van der Waals surface area contributed by atoms with E-state index in [1.807, 2.05) is 25.1 Å². The third-order valence-corrected chi connectivity index (χ3v) is 5.65. The maximum Gasteiger partial charge on any atom is 0.335 e. The van der Waals surface area contributed by atoms with E-state index < -0.39 is 11.9 Å². The molecule has 0 unspecified atom stereocenters. The Hall–Kier alpha value is -4.62. The van der Waals surface area contributed by atoms with E-state index in [9.17, 15) is 19.6 Å². The first-order valence-electron chi connectivity index (χ1n) is 11.4. The van der Waals surface area contributed by atoms with Gasteiger partial charge in [0.2, 0.25) is 0 Å². The zero-order chi connectivity index (χ0) is 27.7. The second-order valence-corrected chi connectivity index (χ2v) is 8.83. The van der Waals surface area contributed by atoms with Crippen LogP contribution in [0.4, 0.5) is 11.4 Å². The summed E-state index contributed by atoms with van der Waals surface area (Å²) in [7, 11) is 0. The van der Waals surface area contributed by atoms with Crippen LogP contribution in [0.25, 0.3) is 6.08 Å². The zero-order valence-electron chi connectivity index (χ0n) is 20.6. The quantitative estimate of drug-likeness (QED) is 0.216. The highest BCUT2D eigenvalue weighted by atomic mass is 79.9. The van der Waals surface area contributed by atoms with Crippen LogP contribution in [0, 0.1) is 18.3 Å². The molecule has 0 saturated heterocycles. The van der Waals surface area contributed by atoms with Crippen molar-refractivity contribution in [3.8, 4) is 17.6 Å². The number of amides is 2. The molecule has 0 saturated carbocycles. The molecule has 3 rings (SSSR count). The molecule has 0 heterocycles. The first kappa shape index (κ1) is 28.0. The Morgan fingerprint density at radius 1 is 1.03 bits per heavy atom. The van der Waals surface area contributed by atoms with Crippen molar-refractivity contribution < 1.29 is 29.0 Å². The standard InChI is InChI=1S/C28H24BrN3O6/c1-3-37-24-13-18(11-20(15-30)27(34)32-22-6-4-5-19(14-22)28(35)36)12-23(29)26(24)38-16-25(33)31-21-9-7-17(2)8-10-21/h4-14H,3,16H2,1-2H3,(H,31,33)(H,32,34)(H,35,36)/b20-11-. The highest BCUT2D eigenvalue weighted by Gasteiger charge is 2.16. The van der Waals surface area contributed by atoms with Crippen LogP contribution >= 0.6 is 15.9 Å². The van der Waals surface area contributed by atoms with Gasteiger partial charge >= 0.3 is 5.97 Å². The number of carboxylic acid groups (broad SMARTS) is 1. The molecule has 0 aliphatic heterocycles. The number of hydrogen-bond donors (Lipinski definition) is 3. The van der Waals surface area contributed by atoms with E-state index in [0.29, 0.717) is 28.1 Å². The second-order valence-electron chi connectivity index (χ2n) is 7.98. The molecule has 3 aromatic carbocycles. The van der Waals surface area contributed by atoms with E-state index >= 15 is 0 Å². The molecule has 0 aromatic heterocycles. The van der Waals surface area contributed by atoms with Crippen molar-refractivity contribution >= 4 is 51.2 Å². The molecule has 38 heavy (non-hydrogen) atoms. The van der Waals surface area contributed by atoms with Crippen LogP contribution in [0.3, 0.4) is 0 Å². The predicted octanol–water partition coefficient (Wildman–Crippen LogP) is 5.42. The first-order chi connectivity index (χ1) is 18.2. The van der Waals surface area contributed by atoms with E-state index in [0.717, 1.165) is 5.56 Å². The van der Waals surface area contributed by atoms with Crippen LogP contribution in [0.1, 0.15) is 28.4 Å². The Bertz CT molecular complexity index is 1430. The smallest absolute Gasteiger partial charge is 0.335 e. The van der Waals surface area contributed by atoms with Gasteiger partial charge < -0.3 is 25.2 Å². The monoisotopic (exact) mass is 577 g/mol. The van der Waals surface area contributed by atoms with Gasteiger partial charge in [0.05, 0.1) is 16.6 Å². The maximum absolute atomic E-state index is 12.7. The molecule has 3 N–H and O–H groups in total. The number of halogens is 1. The van der Waals surface area contributed by atoms with Crippen molar-refractivity contribution in [2.24, 2.45) is 0 Å². The van der Waals surface area contributed by atoms with Gasteiger partial charge in [0.1, 0.15) is 11.6 Å². The molecule has 3 aromatic rings. The van der Waals surface area contributed by atoms with Crippen molar-refractivity contribution in [3.63, 3.8) is 0 Å². The minimum Gasteiger partial charge on any atom is -0.490 e. The second kappa shape index (κ2) is 13.1. The van der Waals surface area contributed by atoms with Crippen molar-refractivity contribution in [2.75, 3.05) is 23.8 Å². The summed E-state index contributed by atoms with van der Waals surface area (Å²) in [6.45, 7) is 3.76. The average molecular weight is 578 g/mol. The lowest BCUT2D eigenvalue weighted by Gasteiger charge is -2.15. The number of carbonyl (C=O) groups excluding carboxylic acids is 2. The number of nitrogens with one attached hydrogen (secondary N) is 2. The Labute approximate surface area is 227 Å². The van der Waals surface area contributed by atoms with Crippen molar-refractivity contribution in [2.45, 2.75) is 13.8 Å². The van der Waals surface area contributed by atoms with Gasteiger partial charge in [-0.15, -0.1) is 0 Å². The van der Waals surface area contributed by atoms with Crippen LogP contribution < -0.4 is 20.1 Å². The third kappa shape index (κ3) is 7.69. The van der Waals surface area contributed by atoms with E-state index in [-0.39, 0.29) is 35.1 Å². The number of rotatable bonds is 10. The van der Waals surface area contributed by atoms with Gasteiger partial charge in [-0.3, -0.25) is 9.59 Å². The summed E-state index contributed by atoms with van der Waals surface area (Å²) in [6.07, 6.45) is 1.36. The Balaban J connectivity index is 1.77. The predicted molar refractivity (Wildman–Crippen MR) is 146 cm³/mol. The van der Waals surface area contributed by atoms with Crippen LogP contribution in [-0.2, 0) is 9.59 Å². The summed E-state index contributed by atoms with van der Waals surface area (Å²) in [6, 6.07) is 18.1. The lowest BCUT2D eigenvalue weighted by Crippen LogP contribution is -2.20. The van der Waals surface area contributed by atoms with Crippen LogP contribution in [-0.4, -0.2) is 36.1 Å². The van der Waals surface area contributed by atoms with E-state index in [1.165, 1.54) is 30.3 Å². The SMILES string of the molecule is CCOc1cc(/C=C(/C#N)C(=O)Nc2cccc(C(=O)O)c2)cc(Br)c1OCC(=O)Nc1ccc(C)cc1. The number of carbonyl (C=O) groups is 3. The highest BCUT2D eigenvalue weighted by Crippen LogP contribution is 2.37. The van der Waals surface area contributed by atoms with Crippen LogP contribution in [0.15, 0.2) is 70.7 Å². The molecule has 10 heteroatoms. The largest absolute Gasteiger partial charge is 0.490 e. The fraction of sp³-hybridized carbons (Fsp3) is 0.143. The summed E-state index contributed by atoms with van der Waals surface area (Å²) >= 11 is 3.41. The molecule has 0 atom stereocenters. The minimum absolute atomic E-state index is 0.00119. The number of hydrogen-bond acceptors (Lipinski definition) is 6. The fourth-order valence-corrected chi connectivity index (χ4v) is 3.86. The molecule has 0 fully saturated rings. The van der Waals surface area contributed by atoms with Gasteiger partial charge in [-0.25, -0.2) is 4.79 Å². The first-order valence-corrected chi connectivity index (χ1v) is 12.2. The van der Waals surface area contributed by atoms with Gasteiger partial charge in [-0.1, -0.05) is 23.8 Å². The molecular formula is C28H24BrN3O6. The summed E-state index contributed by atoms with van der Waals surface area (Å²) < 4.78 is 11.8. The molecule has 0 bridgehead atoms. The molecule has 9 nitrogen and oxygen atoms in total. The van der Waals surface area contributed by atoms with Gasteiger partial charge in [0, 0.05) is 11.4 Å². The lowest BCUT2D eigenvalue weighted by molar-refractivity contribution is -0.118. The Morgan fingerprint density at radius 2 is 1.76 bits per heavy atom. The summed E-state index contributed by atoms with van der Waals surface area (Å²) in [5.74, 6) is -1.61. The topological polar surface area (TPSA) is 138 Å². The van der Waals surface area contributed by atoms with Crippen LogP contribution in [0.5, 0.6) is 11.5 Å². The summed E-state index contributed by atoms with van der Waals surface area (Å²) in [4.78, 5) is 36.2. The number of anilines is 2. The van der Waals surface area contributed by atoms with Crippen molar-refractivity contribution in [1.82, 2.24) is 0 Å². The molecule has 0 aliphatic rings. The van der Waals surface area contributed by atoms with Gasteiger partial charge in [0.15, 0.2) is 18.1 Å². The normalized spacial score (nSPS) is 10.7. The maximum atomic E-state index is 12.7. The number of nitrogens with zero attached hydrogens (tertiary/aromatic N) is 1. The highest BCUT2D eigenvalue weighted by molar-refractivity contribution is 9.10. The van der Waals surface area contributed by atoms with E-state index in [1.54, 1.807) is 31.2 Å². The minimum atomic E-state index is -1.14. The number of ether oxygens (including phenoxy) is 2. The molecule has 0 radical (unpaired) electrons. The fourth-order valence-electron chi connectivity index (χ4n) is 3.29.